The zero-order chi connectivity index (χ0) is 33.7. The predicted octanol–water partition coefficient (Wildman–Crippen LogP) is 8.66. The maximum absolute atomic E-state index is 12.5. The van der Waals surface area contributed by atoms with Gasteiger partial charge in [0, 0.05) is 12.8 Å². The minimum absolute atomic E-state index is 0.0273. The Hall–Kier alpha value is -0.990. The van der Waals surface area contributed by atoms with Crippen LogP contribution in [0.25, 0.3) is 0 Å². The van der Waals surface area contributed by atoms with E-state index in [0.29, 0.717) is 23.9 Å². The van der Waals surface area contributed by atoms with Gasteiger partial charge in [0.2, 0.25) is 0 Å². The highest BCUT2D eigenvalue weighted by Gasteiger charge is 2.21. The number of quaternary nitrogens is 1. The Morgan fingerprint density at radius 1 is 0.600 bits per heavy atom. The Balaban J connectivity index is 4.13. The van der Waals surface area contributed by atoms with Crippen LogP contribution in [0, 0.1) is 0 Å². The number of likely N-dealkylation sites (N-methyl/N-ethyl adjacent to an activating group) is 1. The maximum Gasteiger partial charge on any atom is 0.306 e. The summed E-state index contributed by atoms with van der Waals surface area (Å²) in [4.78, 5) is 36.7. The summed E-state index contributed by atoms with van der Waals surface area (Å²) in [5.41, 5.74) is 0. The summed E-state index contributed by atoms with van der Waals surface area (Å²) in [6.07, 6.45) is 25.0. The molecule has 0 rings (SSSR count). The van der Waals surface area contributed by atoms with E-state index in [-0.39, 0.29) is 26.1 Å². The van der Waals surface area contributed by atoms with Gasteiger partial charge in [0.15, 0.2) is 6.10 Å². The number of nitrogens with zero attached hydrogens (tertiary/aromatic N) is 1. The van der Waals surface area contributed by atoms with Gasteiger partial charge in [-0.2, -0.15) is 0 Å². The van der Waals surface area contributed by atoms with Crippen molar-refractivity contribution >= 4 is 19.8 Å². The number of unbranched alkanes of at least 4 members (excludes halogenated alkanes) is 19. The first-order valence-corrected chi connectivity index (χ1v) is 19.7. The van der Waals surface area contributed by atoms with Crippen molar-refractivity contribution in [2.24, 2.45) is 0 Å². The SMILES string of the molecule is CCCCCCCCCCCCCCCCCCCCC(=O)OC(COC(=O)CCCCC)COP(=O)([O-])OCC[N+](C)(C)C. The van der Waals surface area contributed by atoms with Crippen molar-refractivity contribution in [1.29, 1.82) is 0 Å². The van der Waals surface area contributed by atoms with Crippen molar-refractivity contribution in [3.63, 3.8) is 0 Å². The third-order valence-electron chi connectivity index (χ3n) is 7.88. The Kier molecular flexibility index (Phi) is 28.5. The molecule has 0 aliphatic heterocycles. The molecule has 0 bridgehead atoms. The standard InChI is InChI=1S/C35H70NO8P/c1-6-8-10-11-12-13-14-15-16-17-18-19-20-21-22-23-24-26-28-35(38)44-33(31-41-34(37)27-25-9-7-2)32-43-45(39,40)42-30-29-36(3,4)5/h33H,6-32H2,1-5H3. The van der Waals surface area contributed by atoms with E-state index >= 15 is 0 Å². The molecule has 0 aromatic rings. The number of rotatable bonds is 33. The van der Waals surface area contributed by atoms with Crippen LogP contribution in [0.5, 0.6) is 0 Å². The molecule has 2 unspecified atom stereocenters. The number of phosphoric ester groups is 1. The molecule has 0 spiro atoms. The van der Waals surface area contributed by atoms with Crippen LogP contribution in [0.15, 0.2) is 0 Å². The van der Waals surface area contributed by atoms with Crippen LogP contribution in [-0.4, -0.2) is 70.0 Å². The van der Waals surface area contributed by atoms with E-state index in [2.05, 4.69) is 6.92 Å². The summed E-state index contributed by atoms with van der Waals surface area (Å²) in [6.45, 7) is 4.04. The van der Waals surface area contributed by atoms with Crippen molar-refractivity contribution in [2.45, 2.75) is 168 Å². The lowest BCUT2D eigenvalue weighted by molar-refractivity contribution is -0.870. The summed E-state index contributed by atoms with van der Waals surface area (Å²) in [5, 5.41) is 0. The summed E-state index contributed by atoms with van der Waals surface area (Å²) in [7, 11) is 1.17. The van der Waals surface area contributed by atoms with Gasteiger partial charge in [-0.05, 0) is 12.8 Å². The third kappa shape index (κ3) is 32.7. The molecule has 0 aromatic carbocycles. The number of esters is 2. The van der Waals surface area contributed by atoms with Gasteiger partial charge in [-0.3, -0.25) is 14.2 Å². The second-order valence-corrected chi connectivity index (χ2v) is 15.0. The van der Waals surface area contributed by atoms with Crippen LogP contribution in [0.4, 0.5) is 0 Å². The van der Waals surface area contributed by atoms with E-state index in [1.165, 1.54) is 96.3 Å². The third-order valence-corrected chi connectivity index (χ3v) is 8.84. The Morgan fingerprint density at radius 2 is 1.00 bits per heavy atom. The largest absolute Gasteiger partial charge is 0.756 e. The summed E-state index contributed by atoms with van der Waals surface area (Å²) in [5.74, 6) is -0.855. The first kappa shape index (κ1) is 44.0. The van der Waals surface area contributed by atoms with Crippen molar-refractivity contribution in [3.05, 3.63) is 0 Å². The van der Waals surface area contributed by atoms with Crippen molar-refractivity contribution in [2.75, 3.05) is 47.5 Å². The first-order valence-electron chi connectivity index (χ1n) is 18.2. The summed E-state index contributed by atoms with van der Waals surface area (Å²) < 4.78 is 33.4. The Bertz CT molecular complexity index is 758. The first-order chi connectivity index (χ1) is 21.5. The number of phosphoric acid groups is 1. The van der Waals surface area contributed by atoms with Gasteiger partial charge in [0.1, 0.15) is 19.8 Å². The molecule has 0 aliphatic rings. The van der Waals surface area contributed by atoms with E-state index in [9.17, 15) is 19.0 Å². The topological polar surface area (TPSA) is 111 Å². The number of carbonyl (C=O) groups is 2. The smallest absolute Gasteiger partial charge is 0.306 e. The normalized spacial score (nSPS) is 13.8. The van der Waals surface area contributed by atoms with E-state index in [0.717, 1.165) is 25.7 Å². The maximum atomic E-state index is 12.5. The number of hydrogen-bond acceptors (Lipinski definition) is 8. The minimum atomic E-state index is -4.59. The fourth-order valence-electron chi connectivity index (χ4n) is 4.95. The molecule has 9 nitrogen and oxygen atoms in total. The zero-order valence-electron chi connectivity index (χ0n) is 29.8. The Labute approximate surface area is 276 Å². The number of carbonyl (C=O) groups excluding carboxylic acids is 2. The van der Waals surface area contributed by atoms with Crippen LogP contribution in [-0.2, 0) is 32.7 Å². The summed E-state index contributed by atoms with van der Waals surface area (Å²) in [6, 6.07) is 0. The van der Waals surface area contributed by atoms with Crippen LogP contribution in [0.1, 0.15) is 162 Å². The van der Waals surface area contributed by atoms with Gasteiger partial charge >= 0.3 is 11.9 Å². The molecule has 45 heavy (non-hydrogen) atoms. The molecule has 2 atom stereocenters. The molecule has 0 radical (unpaired) electrons. The lowest BCUT2D eigenvalue weighted by atomic mass is 10.0. The monoisotopic (exact) mass is 663 g/mol. The van der Waals surface area contributed by atoms with Crippen molar-refractivity contribution in [1.82, 2.24) is 0 Å². The molecule has 0 N–H and O–H groups in total. The van der Waals surface area contributed by atoms with Gasteiger partial charge in [0.05, 0.1) is 27.7 Å². The average molecular weight is 664 g/mol. The van der Waals surface area contributed by atoms with Gasteiger partial charge in [-0.25, -0.2) is 0 Å². The van der Waals surface area contributed by atoms with Crippen molar-refractivity contribution < 1.29 is 42.1 Å². The highest BCUT2D eigenvalue weighted by molar-refractivity contribution is 7.45. The molecule has 10 heteroatoms. The molecule has 0 saturated heterocycles. The van der Waals surface area contributed by atoms with Gasteiger partial charge in [-0.15, -0.1) is 0 Å². The predicted molar refractivity (Wildman–Crippen MR) is 181 cm³/mol. The quantitative estimate of drug-likeness (QED) is 0.0297. The van der Waals surface area contributed by atoms with Crippen LogP contribution >= 0.6 is 7.82 Å². The molecule has 0 heterocycles. The molecule has 0 amide bonds. The molecule has 0 saturated carbocycles. The fourth-order valence-corrected chi connectivity index (χ4v) is 5.68. The number of hydrogen-bond donors (Lipinski definition) is 0. The van der Waals surface area contributed by atoms with E-state index in [1.807, 2.05) is 28.1 Å². The minimum Gasteiger partial charge on any atom is -0.756 e. The number of ether oxygens (including phenoxy) is 2. The molecule has 0 aliphatic carbocycles. The second-order valence-electron chi connectivity index (χ2n) is 13.6. The van der Waals surface area contributed by atoms with Gasteiger partial charge in [-0.1, -0.05) is 136 Å². The molecular formula is C35H70NO8P. The summed E-state index contributed by atoms with van der Waals surface area (Å²) >= 11 is 0. The van der Waals surface area contributed by atoms with E-state index in [4.69, 9.17) is 18.5 Å². The molecule has 0 aromatic heterocycles. The Morgan fingerprint density at radius 3 is 1.47 bits per heavy atom. The highest BCUT2D eigenvalue weighted by Crippen LogP contribution is 2.38. The molecule has 268 valence electrons. The van der Waals surface area contributed by atoms with Crippen molar-refractivity contribution in [3.8, 4) is 0 Å². The second kappa shape index (κ2) is 29.2. The van der Waals surface area contributed by atoms with Crippen LogP contribution in [0.3, 0.4) is 0 Å². The van der Waals surface area contributed by atoms with Gasteiger partial charge < -0.3 is 27.9 Å². The lowest BCUT2D eigenvalue weighted by Crippen LogP contribution is -2.37. The van der Waals surface area contributed by atoms with Gasteiger partial charge in [0.25, 0.3) is 7.82 Å². The van der Waals surface area contributed by atoms with E-state index in [1.54, 1.807) is 0 Å². The van der Waals surface area contributed by atoms with E-state index < -0.39 is 32.5 Å². The fraction of sp³-hybridized carbons (Fsp3) is 0.943. The average Bonchev–Trinajstić information content (AvgIpc) is 2.97. The lowest BCUT2D eigenvalue weighted by Gasteiger charge is -2.28. The highest BCUT2D eigenvalue weighted by atomic mass is 31.2. The molecule has 0 fully saturated rings. The van der Waals surface area contributed by atoms with Crippen LogP contribution < -0.4 is 4.89 Å². The zero-order valence-corrected chi connectivity index (χ0v) is 30.7. The molecular weight excluding hydrogens is 593 g/mol. The van der Waals surface area contributed by atoms with Crippen LogP contribution in [0.2, 0.25) is 0 Å².